The standard InChI is InChI=1S/C13H21N3O4/c1-4-9-6-11(16(5-2)15-9)13(19)14-8-10(20-3)7-12(17)18/h6,10H,4-5,7-8H2,1-3H3,(H,14,19)(H,17,18). The van der Waals surface area contributed by atoms with Crippen molar-refractivity contribution < 1.29 is 19.4 Å². The Hall–Kier alpha value is -1.89. The summed E-state index contributed by atoms with van der Waals surface area (Å²) in [5.41, 5.74) is 1.33. The first kappa shape index (κ1) is 16.2. The van der Waals surface area contributed by atoms with E-state index in [0.717, 1.165) is 12.1 Å². The summed E-state index contributed by atoms with van der Waals surface area (Å²) in [5.74, 6) is -1.23. The van der Waals surface area contributed by atoms with Crippen molar-refractivity contribution in [2.75, 3.05) is 13.7 Å². The second-order valence-electron chi connectivity index (χ2n) is 4.36. The molecule has 1 aromatic heterocycles. The smallest absolute Gasteiger partial charge is 0.306 e. The summed E-state index contributed by atoms with van der Waals surface area (Å²) in [7, 11) is 1.42. The van der Waals surface area contributed by atoms with Gasteiger partial charge in [0.25, 0.3) is 5.91 Å². The molecule has 0 aliphatic carbocycles. The summed E-state index contributed by atoms with van der Waals surface area (Å²) in [5, 5.41) is 15.7. The molecule has 1 heterocycles. The Labute approximate surface area is 117 Å². The van der Waals surface area contributed by atoms with Gasteiger partial charge in [0.15, 0.2) is 0 Å². The molecule has 112 valence electrons. The van der Waals surface area contributed by atoms with Crippen molar-refractivity contribution in [1.29, 1.82) is 0 Å². The molecule has 1 unspecified atom stereocenters. The van der Waals surface area contributed by atoms with Crippen molar-refractivity contribution >= 4 is 11.9 Å². The first-order valence-corrected chi connectivity index (χ1v) is 6.61. The number of carbonyl (C=O) groups excluding carboxylic acids is 1. The van der Waals surface area contributed by atoms with Crippen molar-refractivity contribution in [2.24, 2.45) is 0 Å². The molecule has 7 nitrogen and oxygen atoms in total. The van der Waals surface area contributed by atoms with Gasteiger partial charge in [0, 0.05) is 20.2 Å². The van der Waals surface area contributed by atoms with Crippen LogP contribution in [0.15, 0.2) is 6.07 Å². The van der Waals surface area contributed by atoms with Gasteiger partial charge >= 0.3 is 5.97 Å². The number of carboxylic acids is 1. The Bertz CT molecular complexity index is 470. The van der Waals surface area contributed by atoms with Gasteiger partial charge in [-0.2, -0.15) is 5.10 Å². The molecule has 0 radical (unpaired) electrons. The molecule has 2 N–H and O–H groups in total. The molecule has 0 saturated carbocycles. The number of methoxy groups -OCH3 is 1. The number of aliphatic carboxylic acids is 1. The zero-order valence-corrected chi connectivity index (χ0v) is 12.0. The minimum atomic E-state index is -0.960. The predicted molar refractivity (Wildman–Crippen MR) is 72.7 cm³/mol. The maximum atomic E-state index is 12.1. The van der Waals surface area contributed by atoms with E-state index in [-0.39, 0.29) is 18.9 Å². The van der Waals surface area contributed by atoms with Gasteiger partial charge in [0.2, 0.25) is 0 Å². The van der Waals surface area contributed by atoms with E-state index >= 15 is 0 Å². The van der Waals surface area contributed by atoms with Crippen LogP contribution in [0, 0.1) is 0 Å². The highest BCUT2D eigenvalue weighted by molar-refractivity contribution is 5.92. The number of rotatable bonds is 8. The fourth-order valence-corrected chi connectivity index (χ4v) is 1.80. The Morgan fingerprint density at radius 3 is 2.70 bits per heavy atom. The molecule has 0 saturated heterocycles. The van der Waals surface area contributed by atoms with Gasteiger partial charge < -0.3 is 15.2 Å². The van der Waals surface area contributed by atoms with Crippen LogP contribution in [0.4, 0.5) is 0 Å². The minimum Gasteiger partial charge on any atom is -0.481 e. The zero-order valence-electron chi connectivity index (χ0n) is 12.0. The number of nitrogens with zero attached hydrogens (tertiary/aromatic N) is 2. The van der Waals surface area contributed by atoms with Crippen LogP contribution in [0.1, 0.15) is 36.5 Å². The Balaban J connectivity index is 2.66. The molecule has 0 aliphatic rings. The average molecular weight is 283 g/mol. The molecule has 1 atom stereocenters. The van der Waals surface area contributed by atoms with Crippen molar-refractivity contribution in [3.8, 4) is 0 Å². The van der Waals surface area contributed by atoms with Crippen molar-refractivity contribution in [1.82, 2.24) is 15.1 Å². The molecule has 0 fully saturated rings. The lowest BCUT2D eigenvalue weighted by atomic mass is 10.2. The van der Waals surface area contributed by atoms with Crippen LogP contribution in [-0.2, 0) is 22.5 Å². The SMILES string of the molecule is CCc1cc(C(=O)NCC(CC(=O)O)OC)n(CC)n1. The summed E-state index contributed by atoms with van der Waals surface area (Å²) in [6.07, 6.45) is 0.0666. The largest absolute Gasteiger partial charge is 0.481 e. The number of nitrogens with one attached hydrogen (secondary N) is 1. The van der Waals surface area contributed by atoms with Gasteiger partial charge in [-0.1, -0.05) is 6.92 Å². The summed E-state index contributed by atoms with van der Waals surface area (Å²) < 4.78 is 6.64. The second kappa shape index (κ2) is 7.64. The number of ether oxygens (including phenoxy) is 1. The van der Waals surface area contributed by atoms with Gasteiger partial charge in [-0.3, -0.25) is 14.3 Å². The summed E-state index contributed by atoms with van der Waals surface area (Å²) >= 11 is 0. The van der Waals surface area contributed by atoms with Crippen LogP contribution in [0.25, 0.3) is 0 Å². The van der Waals surface area contributed by atoms with E-state index in [0.29, 0.717) is 12.2 Å². The monoisotopic (exact) mass is 283 g/mol. The van der Waals surface area contributed by atoms with Crippen LogP contribution in [0.2, 0.25) is 0 Å². The van der Waals surface area contributed by atoms with Crippen LogP contribution >= 0.6 is 0 Å². The molecular weight excluding hydrogens is 262 g/mol. The van der Waals surface area contributed by atoms with Gasteiger partial charge in [-0.25, -0.2) is 0 Å². The zero-order chi connectivity index (χ0) is 15.1. The number of carboxylic acid groups (broad SMARTS) is 1. The molecule has 7 heteroatoms. The third kappa shape index (κ3) is 4.34. The summed E-state index contributed by atoms with van der Waals surface area (Å²) in [6.45, 7) is 4.63. The van der Waals surface area contributed by atoms with E-state index in [2.05, 4.69) is 10.4 Å². The van der Waals surface area contributed by atoms with E-state index in [1.807, 2.05) is 13.8 Å². The van der Waals surface area contributed by atoms with Crippen LogP contribution < -0.4 is 5.32 Å². The minimum absolute atomic E-state index is 0.149. The van der Waals surface area contributed by atoms with E-state index in [1.54, 1.807) is 10.7 Å². The lowest BCUT2D eigenvalue weighted by Gasteiger charge is -2.14. The molecule has 1 amide bonds. The van der Waals surface area contributed by atoms with Crippen LogP contribution in [0.5, 0.6) is 0 Å². The van der Waals surface area contributed by atoms with Gasteiger partial charge in [0.05, 0.1) is 18.2 Å². The summed E-state index contributed by atoms with van der Waals surface area (Å²) in [4.78, 5) is 22.7. The van der Waals surface area contributed by atoms with E-state index < -0.39 is 12.1 Å². The second-order valence-corrected chi connectivity index (χ2v) is 4.36. The Kier molecular flexibility index (Phi) is 6.17. The molecule has 0 aromatic carbocycles. The lowest BCUT2D eigenvalue weighted by Crippen LogP contribution is -2.35. The molecule has 1 rings (SSSR count). The highest BCUT2D eigenvalue weighted by Gasteiger charge is 2.17. The Morgan fingerprint density at radius 1 is 1.50 bits per heavy atom. The Morgan fingerprint density at radius 2 is 2.20 bits per heavy atom. The third-order valence-electron chi connectivity index (χ3n) is 2.95. The maximum absolute atomic E-state index is 12.1. The van der Waals surface area contributed by atoms with Gasteiger partial charge in [-0.05, 0) is 19.4 Å². The van der Waals surface area contributed by atoms with E-state index in [1.165, 1.54) is 7.11 Å². The topological polar surface area (TPSA) is 93.5 Å². The predicted octanol–water partition coefficient (Wildman–Crippen LogP) is 0.685. The first-order chi connectivity index (χ1) is 9.51. The van der Waals surface area contributed by atoms with Gasteiger partial charge in [0.1, 0.15) is 5.69 Å². The average Bonchev–Trinajstić information content (AvgIpc) is 2.86. The molecule has 1 aromatic rings. The molecule has 0 bridgehead atoms. The first-order valence-electron chi connectivity index (χ1n) is 6.61. The quantitative estimate of drug-likeness (QED) is 0.732. The van der Waals surface area contributed by atoms with Crippen LogP contribution in [-0.4, -0.2) is 46.5 Å². The number of aromatic nitrogens is 2. The number of hydrogen-bond donors (Lipinski definition) is 2. The fraction of sp³-hybridized carbons (Fsp3) is 0.615. The molecule has 0 spiro atoms. The third-order valence-corrected chi connectivity index (χ3v) is 2.95. The number of aryl methyl sites for hydroxylation is 2. The van der Waals surface area contributed by atoms with E-state index in [4.69, 9.17) is 9.84 Å². The number of hydrogen-bond acceptors (Lipinski definition) is 4. The lowest BCUT2D eigenvalue weighted by molar-refractivity contribution is -0.139. The fourth-order valence-electron chi connectivity index (χ4n) is 1.80. The maximum Gasteiger partial charge on any atom is 0.306 e. The molecular formula is C13H21N3O4. The molecule has 0 aliphatic heterocycles. The van der Waals surface area contributed by atoms with E-state index in [9.17, 15) is 9.59 Å². The summed E-state index contributed by atoms with van der Waals surface area (Å²) in [6, 6.07) is 1.75. The number of carbonyl (C=O) groups is 2. The number of amides is 1. The van der Waals surface area contributed by atoms with Gasteiger partial charge in [-0.15, -0.1) is 0 Å². The highest BCUT2D eigenvalue weighted by Crippen LogP contribution is 2.06. The van der Waals surface area contributed by atoms with Crippen LogP contribution in [0.3, 0.4) is 0 Å². The van der Waals surface area contributed by atoms with Crippen molar-refractivity contribution in [3.63, 3.8) is 0 Å². The van der Waals surface area contributed by atoms with Crippen molar-refractivity contribution in [2.45, 2.75) is 39.3 Å². The normalized spacial score (nSPS) is 12.2. The highest BCUT2D eigenvalue weighted by atomic mass is 16.5. The van der Waals surface area contributed by atoms with Crippen molar-refractivity contribution in [3.05, 3.63) is 17.5 Å². The molecule has 20 heavy (non-hydrogen) atoms.